The van der Waals surface area contributed by atoms with Gasteiger partial charge in [-0.05, 0) is 12.1 Å². The van der Waals surface area contributed by atoms with Crippen LogP contribution in [-0.4, -0.2) is 16.7 Å². The second kappa shape index (κ2) is 7.22. The Balaban J connectivity index is 1.71. The number of thiazole rings is 1. The highest BCUT2D eigenvalue weighted by molar-refractivity contribution is 7.14. The summed E-state index contributed by atoms with van der Waals surface area (Å²) in [6, 6.07) is 15.7. The normalized spacial score (nSPS) is 11.2. The maximum atomic E-state index is 12.4. The maximum absolute atomic E-state index is 12.4. The Morgan fingerprint density at radius 2 is 1.46 bits per heavy atom. The maximum Gasteiger partial charge on any atom is 0.257 e. The van der Waals surface area contributed by atoms with Gasteiger partial charge >= 0.3 is 0 Å². The van der Waals surface area contributed by atoms with Crippen molar-refractivity contribution in [1.82, 2.24) is 4.98 Å². The van der Waals surface area contributed by atoms with Gasteiger partial charge in [0.05, 0.1) is 5.69 Å². The molecule has 26 heavy (non-hydrogen) atoms. The fourth-order valence-electron chi connectivity index (χ4n) is 2.37. The van der Waals surface area contributed by atoms with Crippen LogP contribution in [0.3, 0.4) is 0 Å². The van der Waals surface area contributed by atoms with Crippen LogP contribution in [0.25, 0.3) is 0 Å². The molecule has 3 rings (SSSR count). The molecule has 4 nitrogen and oxygen atoms in total. The molecule has 0 atom stereocenters. The van der Waals surface area contributed by atoms with Crippen LogP contribution in [0.5, 0.6) is 0 Å². The van der Waals surface area contributed by atoms with Gasteiger partial charge < -0.3 is 0 Å². The second-order valence-electron chi connectivity index (χ2n) is 7.01. The van der Waals surface area contributed by atoms with E-state index >= 15 is 0 Å². The van der Waals surface area contributed by atoms with Crippen LogP contribution in [0.4, 0.5) is 5.13 Å². The zero-order valence-corrected chi connectivity index (χ0v) is 15.8. The zero-order chi connectivity index (χ0) is 18.7. The summed E-state index contributed by atoms with van der Waals surface area (Å²) in [4.78, 5) is 29.3. The fourth-order valence-corrected chi connectivity index (χ4v) is 3.31. The van der Waals surface area contributed by atoms with Crippen LogP contribution in [0, 0.1) is 0 Å². The van der Waals surface area contributed by atoms with Gasteiger partial charge in [-0.1, -0.05) is 63.2 Å². The number of aromatic nitrogens is 1. The van der Waals surface area contributed by atoms with Crippen molar-refractivity contribution in [2.24, 2.45) is 0 Å². The van der Waals surface area contributed by atoms with Gasteiger partial charge in [0.1, 0.15) is 0 Å². The lowest BCUT2D eigenvalue weighted by Crippen LogP contribution is -2.14. The number of benzene rings is 2. The lowest BCUT2D eigenvalue weighted by Gasteiger charge is -2.14. The average Bonchev–Trinajstić information content (AvgIpc) is 3.11. The first-order valence-electron chi connectivity index (χ1n) is 8.32. The van der Waals surface area contributed by atoms with Crippen LogP contribution < -0.4 is 5.32 Å². The molecule has 0 spiro atoms. The number of anilines is 1. The molecule has 0 bridgehead atoms. The number of ketones is 1. The van der Waals surface area contributed by atoms with E-state index in [-0.39, 0.29) is 17.1 Å². The molecule has 3 aromatic rings. The molecule has 5 heteroatoms. The third kappa shape index (κ3) is 4.06. The molecule has 0 aliphatic rings. The Hall–Kier alpha value is -2.79. The van der Waals surface area contributed by atoms with Crippen molar-refractivity contribution in [3.05, 3.63) is 82.4 Å². The molecule has 2 aromatic carbocycles. The molecule has 1 heterocycles. The standard InChI is InChI=1S/C21H20N2O2S/c1-21(2,3)17-13-26-20(22-17)23-19(25)16-11-9-15(10-12-16)18(24)14-7-5-4-6-8-14/h4-13H,1-3H3,(H,22,23,25). The van der Waals surface area contributed by atoms with Crippen molar-refractivity contribution >= 4 is 28.2 Å². The number of nitrogens with zero attached hydrogens (tertiary/aromatic N) is 1. The van der Waals surface area contributed by atoms with Crippen molar-refractivity contribution in [2.75, 3.05) is 5.32 Å². The predicted octanol–water partition coefficient (Wildman–Crippen LogP) is 4.92. The minimum Gasteiger partial charge on any atom is -0.298 e. The molecule has 1 amide bonds. The van der Waals surface area contributed by atoms with Gasteiger partial charge in [0, 0.05) is 27.5 Å². The van der Waals surface area contributed by atoms with E-state index in [0.717, 1.165) is 5.69 Å². The van der Waals surface area contributed by atoms with Gasteiger partial charge in [0.15, 0.2) is 10.9 Å². The summed E-state index contributed by atoms with van der Waals surface area (Å²) in [5.74, 6) is -0.300. The van der Waals surface area contributed by atoms with Gasteiger partial charge in [0.25, 0.3) is 5.91 Å². The number of nitrogens with one attached hydrogen (secondary N) is 1. The summed E-state index contributed by atoms with van der Waals surface area (Å²) >= 11 is 1.41. The van der Waals surface area contributed by atoms with Gasteiger partial charge in [-0.3, -0.25) is 14.9 Å². The Kier molecular flexibility index (Phi) is 5.00. The van der Waals surface area contributed by atoms with E-state index in [2.05, 4.69) is 31.1 Å². The quantitative estimate of drug-likeness (QED) is 0.668. The first-order chi connectivity index (χ1) is 12.3. The Labute approximate surface area is 156 Å². The Bertz CT molecular complexity index is 923. The van der Waals surface area contributed by atoms with E-state index in [4.69, 9.17) is 0 Å². The molecular formula is C21H20N2O2S. The minimum atomic E-state index is -0.237. The summed E-state index contributed by atoms with van der Waals surface area (Å²) in [7, 11) is 0. The first kappa shape index (κ1) is 18.0. The number of carbonyl (C=O) groups excluding carboxylic acids is 2. The van der Waals surface area contributed by atoms with Crippen molar-refractivity contribution in [2.45, 2.75) is 26.2 Å². The SMILES string of the molecule is CC(C)(C)c1csc(NC(=O)c2ccc(C(=O)c3ccccc3)cc2)n1. The lowest BCUT2D eigenvalue weighted by atomic mass is 9.93. The fraction of sp³-hybridized carbons (Fsp3) is 0.190. The lowest BCUT2D eigenvalue weighted by molar-refractivity contribution is 0.102. The summed E-state index contributed by atoms with van der Waals surface area (Å²) < 4.78 is 0. The molecule has 132 valence electrons. The molecule has 0 aliphatic heterocycles. The predicted molar refractivity (Wildman–Crippen MR) is 105 cm³/mol. The average molecular weight is 364 g/mol. The van der Waals surface area contributed by atoms with Crippen molar-refractivity contribution in [1.29, 1.82) is 0 Å². The van der Waals surface area contributed by atoms with Crippen molar-refractivity contribution in [3.8, 4) is 0 Å². The molecule has 0 fully saturated rings. The highest BCUT2D eigenvalue weighted by atomic mass is 32.1. The van der Waals surface area contributed by atoms with E-state index in [1.165, 1.54) is 11.3 Å². The third-order valence-corrected chi connectivity index (χ3v) is 4.70. The van der Waals surface area contributed by atoms with Gasteiger partial charge in [-0.15, -0.1) is 11.3 Å². The van der Waals surface area contributed by atoms with Crippen LogP contribution in [-0.2, 0) is 5.41 Å². The molecule has 0 saturated carbocycles. The smallest absolute Gasteiger partial charge is 0.257 e. The zero-order valence-electron chi connectivity index (χ0n) is 14.9. The summed E-state index contributed by atoms with van der Waals surface area (Å²) in [5.41, 5.74) is 2.56. The third-order valence-electron chi connectivity index (χ3n) is 3.94. The Morgan fingerprint density at radius 1 is 0.885 bits per heavy atom. The van der Waals surface area contributed by atoms with Gasteiger partial charge in [-0.2, -0.15) is 0 Å². The first-order valence-corrected chi connectivity index (χ1v) is 9.20. The monoisotopic (exact) mass is 364 g/mol. The Morgan fingerprint density at radius 3 is 2.04 bits per heavy atom. The minimum absolute atomic E-state index is 0.0566. The topological polar surface area (TPSA) is 59.1 Å². The molecule has 1 N–H and O–H groups in total. The highest BCUT2D eigenvalue weighted by Gasteiger charge is 2.18. The number of rotatable bonds is 4. The van der Waals surface area contributed by atoms with Crippen LogP contribution in [0.15, 0.2) is 60.0 Å². The van der Waals surface area contributed by atoms with E-state index in [0.29, 0.717) is 21.8 Å². The van der Waals surface area contributed by atoms with E-state index in [1.807, 2.05) is 23.6 Å². The molecule has 0 unspecified atom stereocenters. The largest absolute Gasteiger partial charge is 0.298 e. The van der Waals surface area contributed by atoms with Crippen LogP contribution in [0.2, 0.25) is 0 Å². The number of hydrogen-bond donors (Lipinski definition) is 1. The van der Waals surface area contributed by atoms with Crippen LogP contribution in [0.1, 0.15) is 52.7 Å². The number of amides is 1. The second-order valence-corrected chi connectivity index (χ2v) is 7.87. The molecular weight excluding hydrogens is 344 g/mol. The van der Waals surface area contributed by atoms with Gasteiger partial charge in [0.2, 0.25) is 0 Å². The van der Waals surface area contributed by atoms with E-state index < -0.39 is 0 Å². The molecule has 0 aliphatic carbocycles. The molecule has 0 saturated heterocycles. The molecule has 1 aromatic heterocycles. The van der Waals surface area contributed by atoms with Crippen molar-refractivity contribution < 1.29 is 9.59 Å². The number of carbonyl (C=O) groups is 2. The summed E-state index contributed by atoms with van der Waals surface area (Å²) in [5, 5.41) is 5.34. The van der Waals surface area contributed by atoms with Gasteiger partial charge in [-0.25, -0.2) is 4.98 Å². The van der Waals surface area contributed by atoms with E-state index in [1.54, 1.807) is 36.4 Å². The summed E-state index contributed by atoms with van der Waals surface area (Å²) in [6.45, 7) is 6.24. The number of hydrogen-bond acceptors (Lipinski definition) is 4. The van der Waals surface area contributed by atoms with Crippen LogP contribution >= 0.6 is 11.3 Å². The highest BCUT2D eigenvalue weighted by Crippen LogP contribution is 2.26. The van der Waals surface area contributed by atoms with Crippen molar-refractivity contribution in [3.63, 3.8) is 0 Å². The molecule has 0 radical (unpaired) electrons. The summed E-state index contributed by atoms with van der Waals surface area (Å²) in [6.07, 6.45) is 0. The van der Waals surface area contributed by atoms with E-state index in [9.17, 15) is 9.59 Å².